The van der Waals surface area contributed by atoms with Gasteiger partial charge in [-0.15, -0.1) is 0 Å². The van der Waals surface area contributed by atoms with Crippen molar-refractivity contribution in [2.24, 2.45) is 0 Å². The number of rotatable bonds is 4. The standard InChI is InChI=1S/C28H33N5O5/c1-16-13-32(27(35)38-28(3,4)5)14-17(2)33(16)15-20-22(36-6)10-9-19-24(34)23(37-25(19)20)12-21-18-8-7-11-29-26(18)31-30-21/h7-12,16-17H,13-15H2,1-6H3,(H,29,30,31)/t16-,17+. The van der Waals surface area contributed by atoms with Crippen LogP contribution in [0, 0.1) is 0 Å². The molecule has 2 aromatic heterocycles. The van der Waals surface area contributed by atoms with Gasteiger partial charge in [-0.1, -0.05) is 0 Å². The zero-order valence-corrected chi connectivity index (χ0v) is 22.6. The van der Waals surface area contributed by atoms with E-state index in [1.54, 1.807) is 36.4 Å². The Morgan fingerprint density at radius 1 is 1.21 bits per heavy atom. The summed E-state index contributed by atoms with van der Waals surface area (Å²) in [7, 11) is 1.61. The molecule has 10 nitrogen and oxygen atoms in total. The van der Waals surface area contributed by atoms with Crippen LogP contribution in [0.2, 0.25) is 0 Å². The van der Waals surface area contributed by atoms with Gasteiger partial charge in [0.1, 0.15) is 17.1 Å². The number of aromatic amines is 1. The van der Waals surface area contributed by atoms with Crippen LogP contribution in [-0.2, 0) is 11.3 Å². The number of aromatic nitrogens is 3. The molecule has 2 aliphatic rings. The molecule has 1 amide bonds. The molecule has 4 heterocycles. The highest BCUT2D eigenvalue weighted by atomic mass is 16.6. The molecule has 2 atom stereocenters. The molecule has 0 spiro atoms. The van der Waals surface area contributed by atoms with E-state index in [-0.39, 0.29) is 29.7 Å². The summed E-state index contributed by atoms with van der Waals surface area (Å²) in [5.74, 6) is 1.12. The number of pyridine rings is 1. The molecule has 0 radical (unpaired) electrons. The van der Waals surface area contributed by atoms with E-state index in [1.165, 1.54) is 0 Å². The number of piperazine rings is 1. The minimum absolute atomic E-state index is 0.0434. The second-order valence-corrected chi connectivity index (χ2v) is 10.8. The van der Waals surface area contributed by atoms with Gasteiger partial charge < -0.3 is 19.1 Å². The van der Waals surface area contributed by atoms with Crippen molar-refractivity contribution in [1.29, 1.82) is 0 Å². The summed E-state index contributed by atoms with van der Waals surface area (Å²) in [6.07, 6.45) is 3.02. The number of H-pyrrole nitrogens is 1. The predicted molar refractivity (Wildman–Crippen MR) is 142 cm³/mol. The average molecular weight is 520 g/mol. The van der Waals surface area contributed by atoms with Gasteiger partial charge >= 0.3 is 6.09 Å². The van der Waals surface area contributed by atoms with Crippen LogP contribution in [0.5, 0.6) is 11.5 Å². The number of nitrogens with zero attached hydrogens (tertiary/aromatic N) is 4. The van der Waals surface area contributed by atoms with E-state index in [0.29, 0.717) is 48.0 Å². The maximum Gasteiger partial charge on any atom is 0.410 e. The lowest BCUT2D eigenvalue weighted by molar-refractivity contribution is -0.00996. The molecule has 1 N–H and O–H groups in total. The molecule has 0 unspecified atom stereocenters. The van der Waals surface area contributed by atoms with Crippen LogP contribution in [0.4, 0.5) is 4.79 Å². The van der Waals surface area contributed by atoms with Gasteiger partial charge in [0.05, 0.1) is 23.9 Å². The molecule has 200 valence electrons. The lowest BCUT2D eigenvalue weighted by atomic mass is 10.0. The minimum atomic E-state index is -0.549. The molecule has 1 saturated heterocycles. The fraction of sp³-hybridized carbons (Fsp3) is 0.429. The first-order valence-electron chi connectivity index (χ1n) is 12.7. The second-order valence-electron chi connectivity index (χ2n) is 10.8. The first kappa shape index (κ1) is 25.7. The van der Waals surface area contributed by atoms with Gasteiger partial charge in [-0.05, 0) is 58.9 Å². The van der Waals surface area contributed by atoms with E-state index in [9.17, 15) is 9.59 Å². The summed E-state index contributed by atoms with van der Waals surface area (Å²) in [5, 5.41) is 7.98. The molecule has 1 fully saturated rings. The van der Waals surface area contributed by atoms with E-state index in [1.807, 2.05) is 32.9 Å². The quantitative estimate of drug-likeness (QED) is 0.505. The fourth-order valence-corrected chi connectivity index (χ4v) is 5.07. The summed E-state index contributed by atoms with van der Waals surface area (Å²) < 4.78 is 17.5. The Morgan fingerprint density at radius 2 is 1.95 bits per heavy atom. The van der Waals surface area contributed by atoms with Gasteiger partial charge in [-0.3, -0.25) is 14.8 Å². The van der Waals surface area contributed by atoms with E-state index in [2.05, 4.69) is 33.9 Å². The van der Waals surface area contributed by atoms with Gasteiger partial charge in [0, 0.05) is 49.4 Å². The Labute approximate surface area is 221 Å². The Balaban J connectivity index is 1.41. The smallest absolute Gasteiger partial charge is 0.410 e. The number of ketones is 1. The number of Topliss-reactive ketones (excluding diaryl/α,β-unsaturated/α-hetero) is 1. The zero-order chi connectivity index (χ0) is 27.2. The molecule has 5 rings (SSSR count). The minimum Gasteiger partial charge on any atom is -0.496 e. The molecular weight excluding hydrogens is 486 g/mol. The average Bonchev–Trinajstić information content (AvgIpc) is 3.41. The van der Waals surface area contributed by atoms with Crippen molar-refractivity contribution in [2.45, 2.75) is 58.8 Å². The summed E-state index contributed by atoms with van der Waals surface area (Å²) >= 11 is 0. The number of hydrogen-bond donors (Lipinski definition) is 1. The lowest BCUT2D eigenvalue weighted by Crippen LogP contribution is -2.58. The number of hydrogen-bond acceptors (Lipinski definition) is 8. The molecule has 0 saturated carbocycles. The Hall–Kier alpha value is -3.92. The van der Waals surface area contributed by atoms with Crippen LogP contribution < -0.4 is 9.47 Å². The fourth-order valence-electron chi connectivity index (χ4n) is 5.07. The van der Waals surface area contributed by atoms with Gasteiger partial charge in [0.15, 0.2) is 11.4 Å². The summed E-state index contributed by atoms with van der Waals surface area (Å²) in [5.41, 5.74) is 1.95. The van der Waals surface area contributed by atoms with Crippen molar-refractivity contribution < 1.29 is 23.8 Å². The normalized spacial score (nSPS) is 21.1. The monoisotopic (exact) mass is 519 g/mol. The van der Waals surface area contributed by atoms with Crippen LogP contribution >= 0.6 is 0 Å². The topological polar surface area (TPSA) is 110 Å². The molecule has 0 bridgehead atoms. The number of carbonyl (C=O) groups excluding carboxylic acids is 2. The number of carbonyl (C=O) groups is 2. The van der Waals surface area contributed by atoms with Crippen LogP contribution in [0.15, 0.2) is 36.2 Å². The molecular formula is C28H33N5O5. The first-order chi connectivity index (χ1) is 18.1. The van der Waals surface area contributed by atoms with E-state index in [4.69, 9.17) is 14.2 Å². The number of fused-ring (bicyclic) bond motifs is 2. The molecule has 0 aliphatic carbocycles. The van der Waals surface area contributed by atoms with E-state index >= 15 is 0 Å². The van der Waals surface area contributed by atoms with Crippen LogP contribution in [-0.4, -0.2) is 74.7 Å². The van der Waals surface area contributed by atoms with Gasteiger partial charge in [-0.2, -0.15) is 5.10 Å². The summed E-state index contributed by atoms with van der Waals surface area (Å²) in [6.45, 7) is 11.3. The number of benzene rings is 1. The van der Waals surface area contributed by atoms with E-state index in [0.717, 1.165) is 10.9 Å². The van der Waals surface area contributed by atoms with Crippen molar-refractivity contribution in [3.8, 4) is 11.5 Å². The second kappa shape index (κ2) is 9.75. The molecule has 38 heavy (non-hydrogen) atoms. The Morgan fingerprint density at radius 3 is 2.63 bits per heavy atom. The van der Waals surface area contributed by atoms with Crippen LogP contribution in [0.1, 0.15) is 56.2 Å². The highest BCUT2D eigenvalue weighted by Crippen LogP contribution is 2.41. The number of nitrogens with one attached hydrogen (secondary N) is 1. The highest BCUT2D eigenvalue weighted by Gasteiger charge is 2.37. The van der Waals surface area contributed by atoms with E-state index < -0.39 is 5.60 Å². The third-order valence-electron chi connectivity index (χ3n) is 6.85. The van der Waals surface area contributed by atoms with Crippen molar-refractivity contribution in [3.05, 3.63) is 53.0 Å². The zero-order valence-electron chi connectivity index (χ0n) is 22.6. The number of methoxy groups -OCH3 is 1. The van der Waals surface area contributed by atoms with Crippen molar-refractivity contribution >= 4 is 29.0 Å². The largest absolute Gasteiger partial charge is 0.496 e. The number of amides is 1. The maximum absolute atomic E-state index is 13.3. The Bertz CT molecular complexity index is 1410. The van der Waals surface area contributed by atoms with Crippen molar-refractivity contribution in [2.75, 3.05) is 20.2 Å². The molecule has 1 aromatic carbocycles. The number of ether oxygens (including phenoxy) is 3. The third-order valence-corrected chi connectivity index (χ3v) is 6.85. The number of allylic oxidation sites excluding steroid dienone is 1. The highest BCUT2D eigenvalue weighted by molar-refractivity contribution is 6.15. The molecule has 3 aromatic rings. The molecule has 10 heteroatoms. The lowest BCUT2D eigenvalue weighted by Gasteiger charge is -2.44. The van der Waals surface area contributed by atoms with Crippen molar-refractivity contribution in [1.82, 2.24) is 25.0 Å². The summed E-state index contributed by atoms with van der Waals surface area (Å²) in [6, 6.07) is 7.33. The van der Waals surface area contributed by atoms with Crippen molar-refractivity contribution in [3.63, 3.8) is 0 Å². The van der Waals surface area contributed by atoms with Crippen LogP contribution in [0.25, 0.3) is 17.1 Å². The SMILES string of the molecule is COc1ccc2c(c1CN1[C@H](C)CN(C(=O)OC(C)(C)C)C[C@@H]1C)OC(=Cc1n[nH]c3ncccc13)C2=O. The molecule has 2 aliphatic heterocycles. The van der Waals surface area contributed by atoms with Crippen LogP contribution in [0.3, 0.4) is 0 Å². The summed E-state index contributed by atoms with van der Waals surface area (Å²) in [4.78, 5) is 34.3. The maximum atomic E-state index is 13.3. The van der Waals surface area contributed by atoms with Gasteiger partial charge in [0.25, 0.3) is 0 Å². The Kier molecular flexibility index (Phi) is 6.60. The predicted octanol–water partition coefficient (Wildman–Crippen LogP) is 4.41. The first-order valence-corrected chi connectivity index (χ1v) is 12.7. The van der Waals surface area contributed by atoms with Gasteiger partial charge in [0.2, 0.25) is 5.78 Å². The van der Waals surface area contributed by atoms with Gasteiger partial charge in [-0.25, -0.2) is 9.78 Å². The third kappa shape index (κ3) is 4.83.